The molecule has 1 aromatic carbocycles. The molecule has 3 aromatic rings. The Hall–Kier alpha value is -3.26. The number of carbonyl (C=O) groups excluding carboxylic acids is 1. The van der Waals surface area contributed by atoms with Gasteiger partial charge in [0.2, 0.25) is 0 Å². The second kappa shape index (κ2) is 10.6. The van der Waals surface area contributed by atoms with Gasteiger partial charge in [-0.3, -0.25) is 24.0 Å². The molecule has 1 saturated heterocycles. The molecule has 2 N–H and O–H groups in total. The number of piperidine rings is 1. The number of aromatic nitrogens is 3. The quantitative estimate of drug-likeness (QED) is 0.544. The van der Waals surface area contributed by atoms with Crippen molar-refractivity contribution in [1.29, 1.82) is 0 Å². The predicted molar refractivity (Wildman–Crippen MR) is 138 cm³/mol. The van der Waals surface area contributed by atoms with E-state index in [0.717, 1.165) is 32.5 Å². The molecule has 186 valence electrons. The minimum absolute atomic E-state index is 0.0302. The highest BCUT2D eigenvalue weighted by atomic mass is 16.2. The Morgan fingerprint density at radius 2 is 1.94 bits per heavy atom. The van der Waals surface area contributed by atoms with Gasteiger partial charge in [-0.1, -0.05) is 50.6 Å². The zero-order valence-electron chi connectivity index (χ0n) is 21.1. The van der Waals surface area contributed by atoms with E-state index < -0.39 is 11.2 Å². The molecule has 0 unspecified atom stereocenters. The molecular weight excluding hydrogens is 442 g/mol. The van der Waals surface area contributed by atoms with Crippen molar-refractivity contribution in [2.24, 2.45) is 0 Å². The third-order valence-electron chi connectivity index (χ3n) is 6.66. The normalized spacial score (nSPS) is 15.1. The Bertz CT molecular complexity index is 1330. The van der Waals surface area contributed by atoms with Crippen molar-refractivity contribution in [2.75, 3.05) is 13.1 Å². The number of hydrogen-bond donors (Lipinski definition) is 2. The largest absolute Gasteiger partial charge is 0.349 e. The Labute approximate surface area is 205 Å². The number of pyridine rings is 1. The van der Waals surface area contributed by atoms with E-state index in [0.29, 0.717) is 18.7 Å². The first-order chi connectivity index (χ1) is 16.8. The van der Waals surface area contributed by atoms with Crippen molar-refractivity contribution in [3.8, 4) is 0 Å². The number of carbonyl (C=O) groups is 1. The molecule has 0 atom stereocenters. The second-order valence-corrected chi connectivity index (χ2v) is 9.87. The summed E-state index contributed by atoms with van der Waals surface area (Å²) in [4.78, 5) is 48.1. The van der Waals surface area contributed by atoms with Gasteiger partial charge in [-0.25, -0.2) is 9.78 Å². The number of H-pyrrole nitrogens is 1. The van der Waals surface area contributed by atoms with Crippen LogP contribution in [-0.4, -0.2) is 44.5 Å². The fraction of sp³-hybridized carbons (Fsp3) is 0.481. The van der Waals surface area contributed by atoms with Gasteiger partial charge < -0.3 is 5.32 Å². The lowest BCUT2D eigenvalue weighted by Crippen LogP contribution is -2.44. The van der Waals surface area contributed by atoms with E-state index in [-0.39, 0.29) is 34.5 Å². The van der Waals surface area contributed by atoms with E-state index in [1.54, 1.807) is 6.07 Å². The molecule has 3 heterocycles. The SMILES string of the molecule is CCCn1c(=O)[nH]c(=O)c2c(C(=O)NC3CCN(Cc4cccc(C)c4)CC3)cc(C(C)C)nc21. The second-order valence-electron chi connectivity index (χ2n) is 9.87. The lowest BCUT2D eigenvalue weighted by molar-refractivity contribution is 0.0910. The fourth-order valence-corrected chi connectivity index (χ4v) is 4.77. The van der Waals surface area contributed by atoms with Crippen molar-refractivity contribution in [3.63, 3.8) is 0 Å². The molecule has 4 rings (SSSR count). The van der Waals surface area contributed by atoms with Crippen molar-refractivity contribution in [2.45, 2.75) is 72.0 Å². The highest BCUT2D eigenvalue weighted by molar-refractivity contribution is 6.05. The Morgan fingerprint density at radius 1 is 1.20 bits per heavy atom. The summed E-state index contributed by atoms with van der Waals surface area (Å²) in [5.74, 6) is -0.246. The number of amides is 1. The molecule has 8 heteroatoms. The maximum atomic E-state index is 13.4. The molecule has 0 aliphatic carbocycles. The first kappa shape index (κ1) is 24.9. The Kier molecular flexibility index (Phi) is 7.50. The maximum Gasteiger partial charge on any atom is 0.329 e. The van der Waals surface area contributed by atoms with Crippen molar-refractivity contribution in [1.82, 2.24) is 24.8 Å². The zero-order valence-corrected chi connectivity index (χ0v) is 21.1. The molecule has 35 heavy (non-hydrogen) atoms. The third-order valence-corrected chi connectivity index (χ3v) is 6.66. The predicted octanol–water partition coefficient (Wildman–Crippen LogP) is 3.32. The van der Waals surface area contributed by atoms with Gasteiger partial charge in [-0.2, -0.15) is 0 Å². The standard InChI is InChI=1S/C27H35N5O3/c1-5-11-32-24-23(26(34)30-27(32)35)21(15-22(29-24)17(2)3)25(33)28-20-9-12-31(13-10-20)16-19-8-6-7-18(4)14-19/h6-8,14-15,17,20H,5,9-13,16H2,1-4H3,(H,28,33)(H,30,34,35). The molecule has 0 bridgehead atoms. The van der Waals surface area contributed by atoms with E-state index in [4.69, 9.17) is 0 Å². The molecule has 0 radical (unpaired) electrons. The summed E-state index contributed by atoms with van der Waals surface area (Å²) in [6.45, 7) is 11.1. The topological polar surface area (TPSA) is 100 Å². The summed E-state index contributed by atoms with van der Waals surface area (Å²) in [5.41, 5.74) is 2.74. The van der Waals surface area contributed by atoms with Gasteiger partial charge in [0.25, 0.3) is 11.5 Å². The summed E-state index contributed by atoms with van der Waals surface area (Å²) in [7, 11) is 0. The molecule has 0 saturated carbocycles. The van der Waals surface area contributed by atoms with Gasteiger partial charge in [0, 0.05) is 37.9 Å². The fourth-order valence-electron chi connectivity index (χ4n) is 4.77. The number of rotatable bonds is 7. The first-order valence-corrected chi connectivity index (χ1v) is 12.5. The van der Waals surface area contributed by atoms with Crippen LogP contribution in [0, 0.1) is 6.92 Å². The van der Waals surface area contributed by atoms with E-state index in [1.807, 2.05) is 20.8 Å². The van der Waals surface area contributed by atoms with Gasteiger partial charge >= 0.3 is 5.69 Å². The van der Waals surface area contributed by atoms with Crippen LogP contribution < -0.4 is 16.6 Å². The highest BCUT2D eigenvalue weighted by Gasteiger charge is 2.25. The third kappa shape index (κ3) is 5.53. The van der Waals surface area contributed by atoms with Crippen LogP contribution in [0.25, 0.3) is 11.0 Å². The van der Waals surface area contributed by atoms with Crippen LogP contribution in [0.1, 0.15) is 73.1 Å². The van der Waals surface area contributed by atoms with Gasteiger partial charge in [-0.15, -0.1) is 0 Å². The van der Waals surface area contributed by atoms with E-state index in [1.165, 1.54) is 15.7 Å². The monoisotopic (exact) mass is 477 g/mol. The molecule has 1 amide bonds. The maximum absolute atomic E-state index is 13.4. The van der Waals surface area contributed by atoms with Gasteiger partial charge in [0.05, 0.1) is 10.9 Å². The lowest BCUT2D eigenvalue weighted by Gasteiger charge is -2.32. The van der Waals surface area contributed by atoms with E-state index in [2.05, 4.69) is 51.4 Å². The van der Waals surface area contributed by atoms with E-state index >= 15 is 0 Å². The molecular formula is C27H35N5O3. The smallest absolute Gasteiger partial charge is 0.329 e. The van der Waals surface area contributed by atoms with Crippen LogP contribution >= 0.6 is 0 Å². The van der Waals surface area contributed by atoms with Crippen LogP contribution in [0.2, 0.25) is 0 Å². The number of nitrogens with one attached hydrogen (secondary N) is 2. The molecule has 0 spiro atoms. The number of nitrogens with zero attached hydrogens (tertiary/aromatic N) is 3. The number of aromatic amines is 1. The summed E-state index contributed by atoms with van der Waals surface area (Å²) in [5, 5.41) is 3.32. The first-order valence-electron chi connectivity index (χ1n) is 12.5. The van der Waals surface area contributed by atoms with Crippen molar-refractivity contribution < 1.29 is 4.79 Å². The minimum atomic E-state index is -0.571. The summed E-state index contributed by atoms with van der Waals surface area (Å²) in [6, 6.07) is 10.3. The molecule has 1 fully saturated rings. The van der Waals surface area contributed by atoms with Crippen molar-refractivity contribution in [3.05, 3.63) is 73.6 Å². The number of benzene rings is 1. The number of aryl methyl sites for hydroxylation is 2. The summed E-state index contributed by atoms with van der Waals surface area (Å²) in [6.07, 6.45) is 2.39. The van der Waals surface area contributed by atoms with Crippen LogP contribution in [0.3, 0.4) is 0 Å². The zero-order chi connectivity index (χ0) is 25.1. The minimum Gasteiger partial charge on any atom is -0.349 e. The number of hydrogen-bond acceptors (Lipinski definition) is 5. The Morgan fingerprint density at radius 3 is 2.60 bits per heavy atom. The summed E-state index contributed by atoms with van der Waals surface area (Å²) < 4.78 is 1.46. The van der Waals surface area contributed by atoms with Gasteiger partial charge in [-0.05, 0) is 43.7 Å². The van der Waals surface area contributed by atoms with Gasteiger partial charge in [0.1, 0.15) is 0 Å². The van der Waals surface area contributed by atoms with E-state index in [9.17, 15) is 14.4 Å². The average molecular weight is 478 g/mol. The molecule has 1 aliphatic heterocycles. The highest BCUT2D eigenvalue weighted by Crippen LogP contribution is 2.21. The van der Waals surface area contributed by atoms with Crippen LogP contribution in [-0.2, 0) is 13.1 Å². The number of fused-ring (bicyclic) bond motifs is 1. The summed E-state index contributed by atoms with van der Waals surface area (Å²) >= 11 is 0. The van der Waals surface area contributed by atoms with Crippen LogP contribution in [0.5, 0.6) is 0 Å². The number of likely N-dealkylation sites (tertiary alicyclic amines) is 1. The van der Waals surface area contributed by atoms with Crippen LogP contribution in [0.4, 0.5) is 0 Å². The Balaban J connectivity index is 1.55. The average Bonchev–Trinajstić information content (AvgIpc) is 2.82. The van der Waals surface area contributed by atoms with Gasteiger partial charge in [0.15, 0.2) is 5.65 Å². The molecule has 2 aromatic heterocycles. The molecule has 8 nitrogen and oxygen atoms in total. The lowest BCUT2D eigenvalue weighted by atomic mass is 10.0. The van der Waals surface area contributed by atoms with Crippen LogP contribution in [0.15, 0.2) is 39.9 Å². The van der Waals surface area contributed by atoms with Crippen molar-refractivity contribution >= 4 is 16.9 Å². The molecule has 1 aliphatic rings.